The summed E-state index contributed by atoms with van der Waals surface area (Å²) in [5.41, 5.74) is -0.0147. The summed E-state index contributed by atoms with van der Waals surface area (Å²) in [5.74, 6) is -1.97. The van der Waals surface area contributed by atoms with Crippen LogP contribution in [0.2, 0.25) is 0 Å². The van der Waals surface area contributed by atoms with Crippen LogP contribution >= 0.6 is 0 Å². The van der Waals surface area contributed by atoms with E-state index < -0.39 is 24.4 Å². The van der Waals surface area contributed by atoms with Crippen molar-refractivity contribution in [2.45, 2.75) is 0 Å². The van der Waals surface area contributed by atoms with Gasteiger partial charge >= 0.3 is 12.0 Å². The van der Waals surface area contributed by atoms with Crippen molar-refractivity contribution in [3.05, 3.63) is 29.6 Å². The summed E-state index contributed by atoms with van der Waals surface area (Å²) in [6.07, 6.45) is 0. The molecule has 1 aromatic carbocycles. The number of urea groups is 1. The van der Waals surface area contributed by atoms with E-state index >= 15 is 0 Å². The van der Waals surface area contributed by atoms with Crippen LogP contribution in [-0.2, 0) is 9.53 Å². The fourth-order valence-corrected chi connectivity index (χ4v) is 1.50. The minimum absolute atomic E-state index is 0.0481. The van der Waals surface area contributed by atoms with E-state index in [2.05, 4.69) is 5.32 Å². The molecule has 0 bridgehead atoms. The van der Waals surface area contributed by atoms with Gasteiger partial charge in [-0.2, -0.15) is 5.26 Å². The standard InChI is InChI=1S/C13H14FN3O4/c1-21-5-4-17(8-12(18)19)13(20)16-11-3-2-9(7-15)6-10(11)14/h2-3,6H,4-5,8H2,1H3,(H,16,20)(H,18,19). The molecule has 1 rings (SSSR count). The van der Waals surface area contributed by atoms with Gasteiger partial charge in [0.2, 0.25) is 0 Å². The quantitative estimate of drug-likeness (QED) is 0.822. The van der Waals surface area contributed by atoms with Crippen molar-refractivity contribution in [2.24, 2.45) is 0 Å². The SMILES string of the molecule is COCCN(CC(=O)O)C(=O)Nc1ccc(C#N)cc1F. The molecule has 2 amide bonds. The number of halogens is 1. The molecular formula is C13H14FN3O4. The molecule has 0 aliphatic carbocycles. The Balaban J connectivity index is 2.80. The van der Waals surface area contributed by atoms with E-state index in [1.165, 1.54) is 19.2 Å². The number of anilines is 1. The first-order chi connectivity index (χ1) is 9.97. The predicted molar refractivity (Wildman–Crippen MR) is 71.2 cm³/mol. The van der Waals surface area contributed by atoms with Crippen molar-refractivity contribution in [1.29, 1.82) is 5.26 Å². The summed E-state index contributed by atoms with van der Waals surface area (Å²) in [6.45, 7) is -0.337. The zero-order chi connectivity index (χ0) is 15.8. The van der Waals surface area contributed by atoms with Crippen LogP contribution in [0.25, 0.3) is 0 Å². The third-order valence-electron chi connectivity index (χ3n) is 2.52. The lowest BCUT2D eigenvalue weighted by Crippen LogP contribution is -2.40. The van der Waals surface area contributed by atoms with Gasteiger partial charge in [-0.25, -0.2) is 9.18 Å². The monoisotopic (exact) mass is 295 g/mol. The normalized spacial score (nSPS) is 9.76. The number of carboxylic acid groups (broad SMARTS) is 1. The molecule has 112 valence electrons. The van der Waals surface area contributed by atoms with Gasteiger partial charge in [0.05, 0.1) is 23.9 Å². The number of ether oxygens (including phenoxy) is 1. The van der Waals surface area contributed by atoms with E-state index in [-0.39, 0.29) is 24.4 Å². The summed E-state index contributed by atoms with van der Waals surface area (Å²) >= 11 is 0. The minimum Gasteiger partial charge on any atom is -0.480 e. The first-order valence-electron chi connectivity index (χ1n) is 5.94. The number of nitrogens with zero attached hydrogens (tertiary/aromatic N) is 2. The number of aliphatic carboxylic acids is 1. The number of methoxy groups -OCH3 is 1. The summed E-state index contributed by atoms with van der Waals surface area (Å²) in [5, 5.41) is 19.6. The molecule has 1 aromatic rings. The Kier molecular flexibility index (Phi) is 6.10. The molecule has 0 spiro atoms. The van der Waals surface area contributed by atoms with Gasteiger partial charge in [-0.15, -0.1) is 0 Å². The van der Waals surface area contributed by atoms with Crippen LogP contribution < -0.4 is 5.32 Å². The topological polar surface area (TPSA) is 103 Å². The fourth-order valence-electron chi connectivity index (χ4n) is 1.50. The smallest absolute Gasteiger partial charge is 0.323 e. The van der Waals surface area contributed by atoms with Gasteiger partial charge in [0.1, 0.15) is 12.4 Å². The van der Waals surface area contributed by atoms with Crippen LogP contribution in [0.3, 0.4) is 0 Å². The molecule has 0 aliphatic heterocycles. The van der Waals surface area contributed by atoms with Gasteiger partial charge in [0.25, 0.3) is 0 Å². The first kappa shape index (κ1) is 16.4. The van der Waals surface area contributed by atoms with Gasteiger partial charge in [-0.3, -0.25) is 4.79 Å². The average Bonchev–Trinajstić information content (AvgIpc) is 2.45. The number of carbonyl (C=O) groups excluding carboxylic acids is 1. The van der Waals surface area contributed by atoms with Crippen LogP contribution in [0.4, 0.5) is 14.9 Å². The number of nitrogens with one attached hydrogen (secondary N) is 1. The van der Waals surface area contributed by atoms with Crippen LogP contribution in [0.1, 0.15) is 5.56 Å². The molecule has 0 atom stereocenters. The second-order valence-electron chi connectivity index (χ2n) is 4.04. The largest absolute Gasteiger partial charge is 0.480 e. The Morgan fingerprint density at radius 3 is 2.76 bits per heavy atom. The van der Waals surface area contributed by atoms with E-state index in [4.69, 9.17) is 15.1 Å². The Morgan fingerprint density at radius 2 is 2.24 bits per heavy atom. The predicted octanol–water partition coefficient (Wildman–Crippen LogP) is 1.26. The van der Waals surface area contributed by atoms with Crippen LogP contribution in [-0.4, -0.2) is 48.8 Å². The molecular weight excluding hydrogens is 281 g/mol. The van der Waals surface area contributed by atoms with E-state index in [0.29, 0.717) is 0 Å². The molecule has 2 N–H and O–H groups in total. The molecule has 8 heteroatoms. The molecule has 0 heterocycles. The molecule has 0 unspecified atom stereocenters. The molecule has 21 heavy (non-hydrogen) atoms. The lowest BCUT2D eigenvalue weighted by molar-refractivity contribution is -0.137. The van der Waals surface area contributed by atoms with Crippen molar-refractivity contribution in [1.82, 2.24) is 4.90 Å². The zero-order valence-electron chi connectivity index (χ0n) is 11.3. The zero-order valence-corrected chi connectivity index (χ0v) is 11.3. The minimum atomic E-state index is -1.19. The lowest BCUT2D eigenvalue weighted by atomic mass is 10.2. The highest BCUT2D eigenvalue weighted by Crippen LogP contribution is 2.15. The second-order valence-corrected chi connectivity index (χ2v) is 4.04. The third kappa shape index (κ3) is 5.08. The number of nitriles is 1. The molecule has 0 saturated carbocycles. The van der Waals surface area contributed by atoms with E-state index in [1.54, 1.807) is 6.07 Å². The summed E-state index contributed by atoms with van der Waals surface area (Å²) in [4.78, 5) is 23.6. The molecule has 7 nitrogen and oxygen atoms in total. The highest BCUT2D eigenvalue weighted by Gasteiger charge is 2.18. The Morgan fingerprint density at radius 1 is 1.52 bits per heavy atom. The molecule has 0 radical (unpaired) electrons. The maximum atomic E-state index is 13.7. The highest BCUT2D eigenvalue weighted by atomic mass is 19.1. The Bertz CT molecular complexity index is 571. The van der Waals surface area contributed by atoms with Crippen molar-refractivity contribution in [2.75, 3.05) is 32.1 Å². The number of carbonyl (C=O) groups is 2. The van der Waals surface area contributed by atoms with Gasteiger partial charge in [0, 0.05) is 13.7 Å². The first-order valence-corrected chi connectivity index (χ1v) is 5.94. The summed E-state index contributed by atoms with van der Waals surface area (Å²) in [6, 6.07) is 4.56. The van der Waals surface area contributed by atoms with Gasteiger partial charge in [-0.1, -0.05) is 0 Å². The number of carboxylic acids is 1. The van der Waals surface area contributed by atoms with Gasteiger partial charge in [-0.05, 0) is 18.2 Å². The number of hydrogen-bond acceptors (Lipinski definition) is 4. The Hall–Kier alpha value is -2.66. The molecule has 0 fully saturated rings. The van der Waals surface area contributed by atoms with Crippen LogP contribution in [0.15, 0.2) is 18.2 Å². The van der Waals surface area contributed by atoms with E-state index in [0.717, 1.165) is 11.0 Å². The average molecular weight is 295 g/mol. The molecule has 0 aromatic heterocycles. The van der Waals surface area contributed by atoms with Crippen molar-refractivity contribution in [3.8, 4) is 6.07 Å². The van der Waals surface area contributed by atoms with Crippen LogP contribution in [0, 0.1) is 17.1 Å². The second kappa shape index (κ2) is 7.81. The summed E-state index contributed by atoms with van der Waals surface area (Å²) < 4.78 is 18.4. The fraction of sp³-hybridized carbons (Fsp3) is 0.308. The highest BCUT2D eigenvalue weighted by molar-refractivity contribution is 5.91. The maximum absolute atomic E-state index is 13.7. The van der Waals surface area contributed by atoms with Gasteiger partial charge < -0.3 is 20.1 Å². The molecule has 0 aliphatic rings. The van der Waals surface area contributed by atoms with Gasteiger partial charge in [0.15, 0.2) is 0 Å². The number of rotatable bonds is 6. The van der Waals surface area contributed by atoms with Crippen molar-refractivity contribution < 1.29 is 23.8 Å². The third-order valence-corrected chi connectivity index (χ3v) is 2.52. The van der Waals surface area contributed by atoms with Crippen molar-refractivity contribution >= 4 is 17.7 Å². The summed E-state index contributed by atoms with van der Waals surface area (Å²) in [7, 11) is 1.41. The maximum Gasteiger partial charge on any atom is 0.323 e. The molecule has 0 saturated heterocycles. The van der Waals surface area contributed by atoms with E-state index in [1.807, 2.05) is 0 Å². The lowest BCUT2D eigenvalue weighted by Gasteiger charge is -2.21. The number of benzene rings is 1. The van der Waals surface area contributed by atoms with Crippen LogP contribution in [0.5, 0.6) is 0 Å². The Labute approximate surface area is 120 Å². The van der Waals surface area contributed by atoms with Crippen molar-refractivity contribution in [3.63, 3.8) is 0 Å². The number of amides is 2. The number of hydrogen-bond donors (Lipinski definition) is 2. The van der Waals surface area contributed by atoms with E-state index in [9.17, 15) is 14.0 Å².